The Labute approximate surface area is 166 Å². The summed E-state index contributed by atoms with van der Waals surface area (Å²) in [5.74, 6) is -0.282. The lowest BCUT2D eigenvalue weighted by molar-refractivity contribution is -0.384. The van der Waals surface area contributed by atoms with E-state index in [9.17, 15) is 19.3 Å². The molecule has 11 nitrogen and oxygen atoms in total. The van der Waals surface area contributed by atoms with Crippen molar-refractivity contribution in [3.8, 4) is 11.3 Å². The molecular formula is C18H11FN8O3. The van der Waals surface area contributed by atoms with Gasteiger partial charge in [0.25, 0.3) is 11.2 Å². The largest absolute Gasteiger partial charge is 0.318 e. The zero-order chi connectivity index (χ0) is 20.8. The van der Waals surface area contributed by atoms with Crippen LogP contribution in [0.4, 0.5) is 21.7 Å². The summed E-state index contributed by atoms with van der Waals surface area (Å²) >= 11 is 0. The third kappa shape index (κ3) is 2.70. The number of aromatic amines is 1. The van der Waals surface area contributed by atoms with Crippen LogP contribution in [-0.2, 0) is 0 Å². The third-order valence-electron chi connectivity index (χ3n) is 4.76. The lowest BCUT2D eigenvalue weighted by Gasteiger charge is -2.27. The average molecular weight is 406 g/mol. The van der Waals surface area contributed by atoms with Crippen molar-refractivity contribution in [1.82, 2.24) is 30.4 Å². The van der Waals surface area contributed by atoms with Gasteiger partial charge in [0, 0.05) is 23.3 Å². The van der Waals surface area contributed by atoms with E-state index in [2.05, 4.69) is 31.0 Å². The predicted octanol–water partition coefficient (Wildman–Crippen LogP) is 2.17. The number of non-ortho nitro benzene ring substituents is 1. The Morgan fingerprint density at radius 2 is 2.00 bits per heavy atom. The predicted molar refractivity (Wildman–Crippen MR) is 102 cm³/mol. The second-order valence-corrected chi connectivity index (χ2v) is 6.53. The van der Waals surface area contributed by atoms with Crippen molar-refractivity contribution in [1.29, 1.82) is 0 Å². The number of fused-ring (bicyclic) bond motifs is 2. The van der Waals surface area contributed by atoms with Crippen molar-refractivity contribution in [3.63, 3.8) is 0 Å². The number of nitro groups is 1. The highest BCUT2D eigenvalue weighted by Crippen LogP contribution is 2.41. The minimum Gasteiger partial charge on any atom is -0.318 e. The molecule has 0 unspecified atom stereocenters. The molecule has 0 saturated carbocycles. The number of nitro benzene ring substituents is 1. The van der Waals surface area contributed by atoms with Crippen LogP contribution in [0.15, 0.2) is 53.3 Å². The second kappa shape index (κ2) is 6.55. The molecule has 1 atom stereocenters. The number of hydrogen-bond acceptors (Lipinski definition) is 8. The molecule has 148 valence electrons. The van der Waals surface area contributed by atoms with E-state index < -0.39 is 22.3 Å². The smallest absolute Gasteiger partial charge is 0.288 e. The van der Waals surface area contributed by atoms with Crippen LogP contribution in [0.2, 0.25) is 0 Å². The Bertz CT molecular complexity index is 1370. The number of aromatic nitrogens is 6. The summed E-state index contributed by atoms with van der Waals surface area (Å²) in [6.45, 7) is 0. The van der Waals surface area contributed by atoms with E-state index in [0.717, 1.165) is 0 Å². The van der Waals surface area contributed by atoms with Crippen LogP contribution in [0, 0.1) is 15.9 Å². The van der Waals surface area contributed by atoms with Crippen LogP contribution in [0.3, 0.4) is 0 Å². The number of rotatable bonds is 3. The van der Waals surface area contributed by atoms with Gasteiger partial charge in [-0.2, -0.15) is 9.78 Å². The van der Waals surface area contributed by atoms with Gasteiger partial charge in [-0.25, -0.2) is 9.49 Å². The summed E-state index contributed by atoms with van der Waals surface area (Å²) in [4.78, 5) is 23.3. The standard InChI is InChI=1S/C18H11FN8O3/c19-11-5-1-4-10(7-11)16-13-14(9-3-2-6-12(8-9)27(29)30)21-22-17(28)15(13)20-18-23-24-25-26(16)18/h1-8,16H,(H,22,28)(H,20,23,25)/t16-/m1/s1. The Morgan fingerprint density at radius 1 is 1.17 bits per heavy atom. The van der Waals surface area contributed by atoms with Crippen molar-refractivity contribution in [3.05, 3.63) is 85.9 Å². The number of anilines is 2. The zero-order valence-electron chi connectivity index (χ0n) is 15.0. The quantitative estimate of drug-likeness (QED) is 0.343. The SMILES string of the molecule is O=c1[nH]nc(-c2cccc([N+](=O)[O-])c2)c2c1Nc1nnnn1[C@@H]2c1cccc(F)c1. The van der Waals surface area contributed by atoms with Crippen LogP contribution in [0.1, 0.15) is 17.2 Å². The Kier molecular flexibility index (Phi) is 3.84. The number of tetrazole rings is 1. The van der Waals surface area contributed by atoms with Crippen molar-refractivity contribution in [2.75, 3.05) is 5.32 Å². The normalized spacial score (nSPS) is 14.5. The number of H-pyrrole nitrogens is 1. The number of nitrogens with zero attached hydrogens (tertiary/aromatic N) is 6. The van der Waals surface area contributed by atoms with E-state index in [0.29, 0.717) is 16.7 Å². The van der Waals surface area contributed by atoms with Gasteiger partial charge in [-0.3, -0.25) is 14.9 Å². The molecule has 5 rings (SSSR count). The Morgan fingerprint density at radius 3 is 2.80 bits per heavy atom. The molecule has 2 aromatic carbocycles. The van der Waals surface area contributed by atoms with Crippen molar-refractivity contribution in [2.45, 2.75) is 6.04 Å². The number of benzene rings is 2. The molecule has 0 spiro atoms. The van der Waals surface area contributed by atoms with E-state index in [-0.39, 0.29) is 23.0 Å². The molecule has 3 heterocycles. The van der Waals surface area contributed by atoms with Crippen LogP contribution < -0.4 is 10.9 Å². The maximum atomic E-state index is 14.0. The zero-order valence-corrected chi connectivity index (χ0v) is 15.0. The molecule has 0 amide bonds. The number of hydrogen-bond donors (Lipinski definition) is 2. The summed E-state index contributed by atoms with van der Waals surface area (Å²) in [5.41, 5.74) is 0.976. The average Bonchev–Trinajstić information content (AvgIpc) is 3.21. The minimum atomic E-state index is -0.786. The van der Waals surface area contributed by atoms with Gasteiger partial charge in [-0.15, -0.1) is 0 Å². The molecular weight excluding hydrogens is 395 g/mol. The number of nitrogens with one attached hydrogen (secondary N) is 2. The first kappa shape index (κ1) is 17.6. The Balaban J connectivity index is 1.82. The molecule has 0 bridgehead atoms. The van der Waals surface area contributed by atoms with Crippen LogP contribution in [-0.4, -0.2) is 35.3 Å². The molecule has 4 aromatic rings. The van der Waals surface area contributed by atoms with Crippen molar-refractivity contribution < 1.29 is 9.31 Å². The maximum absolute atomic E-state index is 14.0. The lowest BCUT2D eigenvalue weighted by atomic mass is 9.92. The molecule has 1 aliphatic rings. The topological polar surface area (TPSA) is 145 Å². The van der Waals surface area contributed by atoms with Gasteiger partial charge in [0.1, 0.15) is 17.5 Å². The van der Waals surface area contributed by atoms with E-state index in [4.69, 9.17) is 0 Å². The van der Waals surface area contributed by atoms with E-state index in [1.165, 1.54) is 41.1 Å². The summed E-state index contributed by atoms with van der Waals surface area (Å²) in [6.07, 6.45) is 0. The van der Waals surface area contributed by atoms with E-state index >= 15 is 0 Å². The molecule has 0 aliphatic carbocycles. The van der Waals surface area contributed by atoms with Gasteiger partial charge in [0.15, 0.2) is 0 Å². The minimum absolute atomic E-state index is 0.128. The molecule has 12 heteroatoms. The van der Waals surface area contributed by atoms with Gasteiger partial charge in [0.2, 0.25) is 5.95 Å². The first-order valence-electron chi connectivity index (χ1n) is 8.70. The summed E-state index contributed by atoms with van der Waals surface area (Å²) in [6, 6.07) is 10.9. The number of halogens is 1. The van der Waals surface area contributed by atoms with Gasteiger partial charge < -0.3 is 5.32 Å². The summed E-state index contributed by atoms with van der Waals surface area (Å²) in [7, 11) is 0. The van der Waals surface area contributed by atoms with Gasteiger partial charge in [-0.1, -0.05) is 29.4 Å². The summed E-state index contributed by atoms with van der Waals surface area (Å²) < 4.78 is 15.4. The molecule has 30 heavy (non-hydrogen) atoms. The summed E-state index contributed by atoms with van der Waals surface area (Å²) in [5, 5.41) is 32.1. The van der Waals surface area contributed by atoms with E-state index in [1.54, 1.807) is 12.1 Å². The fourth-order valence-electron chi connectivity index (χ4n) is 3.51. The van der Waals surface area contributed by atoms with Crippen LogP contribution in [0.5, 0.6) is 0 Å². The van der Waals surface area contributed by atoms with Crippen molar-refractivity contribution in [2.24, 2.45) is 0 Å². The van der Waals surface area contributed by atoms with Crippen LogP contribution >= 0.6 is 0 Å². The highest BCUT2D eigenvalue weighted by Gasteiger charge is 2.34. The first-order chi connectivity index (χ1) is 14.5. The van der Waals surface area contributed by atoms with E-state index in [1.807, 2.05) is 0 Å². The molecule has 0 saturated heterocycles. The second-order valence-electron chi connectivity index (χ2n) is 6.53. The van der Waals surface area contributed by atoms with Crippen LogP contribution in [0.25, 0.3) is 11.3 Å². The van der Waals surface area contributed by atoms with Gasteiger partial charge in [-0.05, 0) is 28.1 Å². The fourth-order valence-corrected chi connectivity index (χ4v) is 3.51. The third-order valence-corrected chi connectivity index (χ3v) is 4.76. The van der Waals surface area contributed by atoms with Gasteiger partial charge in [0.05, 0.1) is 10.6 Å². The monoisotopic (exact) mass is 406 g/mol. The first-order valence-corrected chi connectivity index (χ1v) is 8.70. The maximum Gasteiger partial charge on any atom is 0.288 e. The van der Waals surface area contributed by atoms with Gasteiger partial charge >= 0.3 is 0 Å². The highest BCUT2D eigenvalue weighted by atomic mass is 19.1. The molecule has 0 radical (unpaired) electrons. The molecule has 1 aliphatic heterocycles. The van der Waals surface area contributed by atoms with Crippen molar-refractivity contribution >= 4 is 17.3 Å². The molecule has 2 aromatic heterocycles. The fraction of sp³-hybridized carbons (Fsp3) is 0.0556. The Hall–Kier alpha value is -4.48. The molecule has 0 fully saturated rings. The lowest BCUT2D eigenvalue weighted by Crippen LogP contribution is -2.29. The highest BCUT2D eigenvalue weighted by molar-refractivity contribution is 5.76. The molecule has 2 N–H and O–H groups in total.